The van der Waals surface area contributed by atoms with Crippen LogP contribution in [0.3, 0.4) is 0 Å². The number of piperidine rings is 1. The number of thiophene rings is 1. The van der Waals surface area contributed by atoms with Gasteiger partial charge in [0, 0.05) is 56.8 Å². The first-order valence-electron chi connectivity index (χ1n) is 17.7. The number of carbonyl (C=O) groups is 2. The van der Waals surface area contributed by atoms with Crippen molar-refractivity contribution >= 4 is 28.8 Å². The summed E-state index contributed by atoms with van der Waals surface area (Å²) in [6.07, 6.45) is -3.44. The molecule has 292 valence electrons. The SMILES string of the molecule is O=C1c2c(C(F)(F)F)ccnc2OCCCC/C=C/C[C@H]2N1CCC[C@@]2(Oc1csc(C(F)(F)F)c1)C(=O)N1CCN(c2ccccc2OCCO)CC1. The van der Waals surface area contributed by atoms with Gasteiger partial charge in [0.15, 0.2) is 0 Å². The van der Waals surface area contributed by atoms with Gasteiger partial charge >= 0.3 is 12.4 Å². The van der Waals surface area contributed by atoms with Crippen molar-refractivity contribution in [2.45, 2.75) is 62.5 Å². The standard InChI is InChI=1S/C37H40F6N4O6S/c38-36(39,40)26-12-14-44-32-31(26)33(49)47-15-8-13-35(29(47)11-4-2-1-3-7-21-52-32,53-25-23-30(54-24-25)37(41,42)43)34(50)46-18-16-45(17-19-46)27-9-5-6-10-28(27)51-22-20-48/h2,4-6,9-10,12,14,23-24,29,48H,1,3,7-8,11,13,15-22H2/b4-2+/t29-,35+/m1/s1. The first kappa shape index (κ1) is 39.2. The van der Waals surface area contributed by atoms with Gasteiger partial charge in [-0.05, 0) is 50.3 Å². The van der Waals surface area contributed by atoms with Crippen molar-refractivity contribution in [2.75, 3.05) is 57.4 Å². The summed E-state index contributed by atoms with van der Waals surface area (Å²) in [6.45, 7) is 0.827. The van der Waals surface area contributed by atoms with E-state index in [0.29, 0.717) is 55.5 Å². The lowest BCUT2D eigenvalue weighted by Gasteiger charge is -2.50. The number of ether oxygens (including phenoxy) is 3. The first-order valence-corrected chi connectivity index (χ1v) is 18.6. The number of fused-ring (bicyclic) bond motifs is 2. The van der Waals surface area contributed by atoms with Gasteiger partial charge in [0.2, 0.25) is 11.5 Å². The lowest BCUT2D eigenvalue weighted by atomic mass is 9.80. The molecule has 0 saturated carbocycles. The van der Waals surface area contributed by atoms with Crippen molar-refractivity contribution < 1.29 is 55.2 Å². The molecule has 2 saturated heterocycles. The molecule has 3 aromatic rings. The molecule has 10 nitrogen and oxygen atoms in total. The molecule has 2 aromatic heterocycles. The quantitative estimate of drug-likeness (QED) is 0.206. The highest BCUT2D eigenvalue weighted by Gasteiger charge is 2.56. The van der Waals surface area contributed by atoms with E-state index in [4.69, 9.17) is 14.2 Å². The topological polar surface area (TPSA) is 105 Å². The molecule has 3 aliphatic rings. The van der Waals surface area contributed by atoms with Crippen molar-refractivity contribution in [1.82, 2.24) is 14.8 Å². The largest absolute Gasteiger partial charge is 0.489 e. The van der Waals surface area contributed by atoms with E-state index in [0.717, 1.165) is 23.3 Å². The van der Waals surface area contributed by atoms with Crippen LogP contribution in [0.25, 0.3) is 0 Å². The first-order chi connectivity index (χ1) is 25.8. The van der Waals surface area contributed by atoms with Gasteiger partial charge in [-0.3, -0.25) is 9.59 Å². The van der Waals surface area contributed by atoms with Crippen LogP contribution >= 0.6 is 11.3 Å². The number of aliphatic hydroxyl groups is 1. The Labute approximate surface area is 311 Å². The molecule has 17 heteroatoms. The van der Waals surface area contributed by atoms with E-state index >= 15 is 4.79 Å². The fourth-order valence-corrected chi connectivity index (χ4v) is 7.90. The summed E-state index contributed by atoms with van der Waals surface area (Å²) in [5.74, 6) is -1.86. The molecule has 1 aromatic carbocycles. The summed E-state index contributed by atoms with van der Waals surface area (Å²) >= 11 is 0.389. The number of para-hydroxylation sites is 2. The van der Waals surface area contributed by atoms with Crippen LogP contribution in [0, 0.1) is 0 Å². The van der Waals surface area contributed by atoms with Gasteiger partial charge in [0.05, 0.1) is 30.5 Å². The normalized spacial score (nSPS) is 22.2. The summed E-state index contributed by atoms with van der Waals surface area (Å²) in [5.41, 5.74) is -3.29. The maximum absolute atomic E-state index is 15.0. The van der Waals surface area contributed by atoms with Crippen LogP contribution in [0.2, 0.25) is 0 Å². The lowest BCUT2D eigenvalue weighted by molar-refractivity contribution is -0.159. The van der Waals surface area contributed by atoms with Crippen LogP contribution < -0.4 is 19.1 Å². The van der Waals surface area contributed by atoms with Gasteiger partial charge in [-0.25, -0.2) is 4.98 Å². The number of benzene rings is 1. The van der Waals surface area contributed by atoms with E-state index in [1.807, 2.05) is 23.1 Å². The number of amides is 2. The number of allylic oxidation sites excluding steroid dienone is 1. The highest BCUT2D eigenvalue weighted by atomic mass is 32.1. The number of halogens is 6. The van der Waals surface area contributed by atoms with Crippen molar-refractivity contribution in [3.63, 3.8) is 0 Å². The maximum Gasteiger partial charge on any atom is 0.425 e. The molecular formula is C37H40F6N4O6S. The summed E-state index contributed by atoms with van der Waals surface area (Å²) in [5, 5.41) is 10.4. The minimum Gasteiger partial charge on any atom is -0.489 e. The van der Waals surface area contributed by atoms with Crippen LogP contribution in [0.1, 0.15) is 59.3 Å². The average molecular weight is 783 g/mol. The second-order valence-electron chi connectivity index (χ2n) is 13.2. The third kappa shape index (κ3) is 8.41. The Morgan fingerprint density at radius 1 is 1.00 bits per heavy atom. The molecule has 0 unspecified atom stereocenters. The highest BCUT2D eigenvalue weighted by Crippen LogP contribution is 2.44. The molecule has 3 aliphatic heterocycles. The third-order valence-corrected chi connectivity index (χ3v) is 10.7. The Morgan fingerprint density at radius 3 is 2.50 bits per heavy atom. The monoisotopic (exact) mass is 782 g/mol. The average Bonchev–Trinajstić information content (AvgIpc) is 3.64. The maximum atomic E-state index is 15.0. The number of alkyl halides is 6. The van der Waals surface area contributed by atoms with Crippen molar-refractivity contribution in [2.24, 2.45) is 0 Å². The molecule has 6 rings (SSSR count). The number of hydrogen-bond acceptors (Lipinski definition) is 9. The van der Waals surface area contributed by atoms with Gasteiger partial charge < -0.3 is 34.0 Å². The molecule has 0 bridgehead atoms. The van der Waals surface area contributed by atoms with Crippen LogP contribution in [-0.4, -0.2) is 95.9 Å². The molecule has 0 radical (unpaired) electrons. The number of carbonyl (C=O) groups excluding carboxylic acids is 2. The Balaban J connectivity index is 1.40. The van der Waals surface area contributed by atoms with E-state index in [-0.39, 0.29) is 64.5 Å². The fourth-order valence-electron chi connectivity index (χ4n) is 7.22. The van der Waals surface area contributed by atoms with Gasteiger partial charge in [0.1, 0.15) is 28.5 Å². The lowest BCUT2D eigenvalue weighted by Crippen LogP contribution is -2.69. The van der Waals surface area contributed by atoms with Crippen LogP contribution in [-0.2, 0) is 17.1 Å². The zero-order chi connectivity index (χ0) is 38.5. The molecule has 54 heavy (non-hydrogen) atoms. The molecule has 0 spiro atoms. The second kappa shape index (κ2) is 16.5. The summed E-state index contributed by atoms with van der Waals surface area (Å²) in [4.78, 5) is 37.3. The van der Waals surface area contributed by atoms with Crippen molar-refractivity contribution in [3.8, 4) is 17.4 Å². The number of anilines is 1. The molecule has 1 N–H and O–H groups in total. The molecule has 2 amide bonds. The number of pyridine rings is 1. The Bertz CT molecular complexity index is 1810. The number of piperazine rings is 1. The number of nitrogens with zero attached hydrogens (tertiary/aromatic N) is 4. The molecule has 2 fully saturated rings. The van der Waals surface area contributed by atoms with E-state index < -0.39 is 57.7 Å². The molecule has 5 heterocycles. The summed E-state index contributed by atoms with van der Waals surface area (Å²) < 4.78 is 103. The van der Waals surface area contributed by atoms with Crippen LogP contribution in [0.5, 0.6) is 17.4 Å². The minimum atomic E-state index is -4.96. The zero-order valence-corrected chi connectivity index (χ0v) is 30.0. The predicted molar refractivity (Wildman–Crippen MR) is 187 cm³/mol. The van der Waals surface area contributed by atoms with Gasteiger partial charge in [-0.2, -0.15) is 26.3 Å². The van der Waals surface area contributed by atoms with Gasteiger partial charge in [-0.1, -0.05) is 24.3 Å². The number of aromatic nitrogens is 1. The fraction of sp³-hybridized carbons (Fsp3) is 0.486. The predicted octanol–water partition coefficient (Wildman–Crippen LogP) is 6.83. The summed E-state index contributed by atoms with van der Waals surface area (Å²) in [7, 11) is 0. The number of aliphatic hydroxyl groups excluding tert-OH is 1. The Morgan fingerprint density at radius 2 is 1.78 bits per heavy atom. The minimum absolute atomic E-state index is 0.0150. The van der Waals surface area contributed by atoms with E-state index in [1.54, 1.807) is 18.2 Å². The van der Waals surface area contributed by atoms with Crippen LogP contribution in [0.15, 0.2) is 60.1 Å². The van der Waals surface area contributed by atoms with Gasteiger partial charge in [0.25, 0.3) is 11.8 Å². The highest BCUT2D eigenvalue weighted by molar-refractivity contribution is 7.10. The van der Waals surface area contributed by atoms with Gasteiger partial charge in [-0.15, -0.1) is 11.3 Å². The molecule has 2 atom stereocenters. The number of rotatable bonds is 7. The van der Waals surface area contributed by atoms with Crippen molar-refractivity contribution in [3.05, 3.63) is 76.1 Å². The Kier molecular flexibility index (Phi) is 12.0. The second-order valence-corrected chi connectivity index (χ2v) is 14.1. The Hall–Kier alpha value is -4.51. The van der Waals surface area contributed by atoms with E-state index in [1.165, 1.54) is 9.80 Å². The third-order valence-electron chi connectivity index (χ3n) is 9.73. The van der Waals surface area contributed by atoms with E-state index in [2.05, 4.69) is 4.98 Å². The van der Waals surface area contributed by atoms with Crippen LogP contribution in [0.4, 0.5) is 32.0 Å². The molecule has 0 aliphatic carbocycles. The smallest absolute Gasteiger partial charge is 0.425 e. The zero-order valence-electron chi connectivity index (χ0n) is 29.2. The van der Waals surface area contributed by atoms with Crippen molar-refractivity contribution in [1.29, 1.82) is 0 Å². The van der Waals surface area contributed by atoms with E-state index in [9.17, 15) is 36.2 Å². The molecular weight excluding hydrogens is 742 g/mol. The summed E-state index contributed by atoms with van der Waals surface area (Å²) in [6, 6.07) is 7.49. The number of hydrogen-bond donors (Lipinski definition) is 1.